The van der Waals surface area contributed by atoms with E-state index in [0.29, 0.717) is 6.54 Å². The third-order valence-electron chi connectivity index (χ3n) is 3.02. The van der Waals surface area contributed by atoms with Crippen molar-refractivity contribution in [2.24, 2.45) is 0 Å². The number of nitrogens with one attached hydrogen (secondary N) is 1. The molecule has 0 aliphatic rings. The summed E-state index contributed by atoms with van der Waals surface area (Å²) in [4.78, 5) is 24.1. The summed E-state index contributed by atoms with van der Waals surface area (Å²) in [7, 11) is 1.71. The van der Waals surface area contributed by atoms with Gasteiger partial charge in [0.2, 0.25) is 5.91 Å². The van der Waals surface area contributed by atoms with E-state index in [4.69, 9.17) is 5.11 Å². The maximum Gasteiger partial charge on any atom is 0.320 e. The molecule has 0 aliphatic carbocycles. The molecule has 0 saturated carbocycles. The number of carboxylic acid groups (broad SMARTS) is 1. The molecule has 104 valence electrons. The molecule has 0 spiro atoms. The zero-order valence-electron chi connectivity index (χ0n) is 11.5. The summed E-state index contributed by atoms with van der Waals surface area (Å²) in [6.45, 7) is 4.06. The summed E-state index contributed by atoms with van der Waals surface area (Å²) in [5, 5.41) is 11.4. The normalized spacial score (nSPS) is 11.9. The number of carbonyl (C=O) groups excluding carboxylic acids is 1. The third kappa shape index (κ3) is 4.71. The smallest absolute Gasteiger partial charge is 0.320 e. The minimum absolute atomic E-state index is 0.0237. The van der Waals surface area contributed by atoms with E-state index in [-0.39, 0.29) is 12.5 Å². The molecule has 1 rings (SSSR count). The second-order valence-electron chi connectivity index (χ2n) is 4.62. The van der Waals surface area contributed by atoms with Crippen molar-refractivity contribution >= 4 is 11.9 Å². The van der Waals surface area contributed by atoms with Crippen molar-refractivity contribution in [1.29, 1.82) is 0 Å². The molecule has 1 atom stereocenters. The second kappa shape index (κ2) is 6.89. The fourth-order valence-electron chi connectivity index (χ4n) is 1.59. The number of benzene rings is 1. The van der Waals surface area contributed by atoms with Crippen LogP contribution in [0.4, 0.5) is 0 Å². The van der Waals surface area contributed by atoms with E-state index in [1.807, 2.05) is 31.2 Å². The average Bonchev–Trinajstić information content (AvgIpc) is 2.37. The highest BCUT2D eigenvalue weighted by Crippen LogP contribution is 2.09. The molecule has 1 amide bonds. The SMILES string of the molecule is Cc1ccccc1CN(C)C(=O)CNC(C)C(=O)O. The average molecular weight is 264 g/mol. The fraction of sp³-hybridized carbons (Fsp3) is 0.429. The van der Waals surface area contributed by atoms with Crippen molar-refractivity contribution in [2.75, 3.05) is 13.6 Å². The molecule has 1 aromatic carbocycles. The number of aliphatic carboxylic acids is 1. The number of hydrogen-bond donors (Lipinski definition) is 2. The molecule has 0 saturated heterocycles. The van der Waals surface area contributed by atoms with Gasteiger partial charge in [-0.15, -0.1) is 0 Å². The highest BCUT2D eigenvalue weighted by Gasteiger charge is 2.14. The Balaban J connectivity index is 2.50. The zero-order chi connectivity index (χ0) is 14.4. The van der Waals surface area contributed by atoms with E-state index < -0.39 is 12.0 Å². The largest absolute Gasteiger partial charge is 0.480 e. The number of carboxylic acids is 1. The first-order valence-electron chi connectivity index (χ1n) is 6.16. The van der Waals surface area contributed by atoms with Crippen LogP contribution in [0.15, 0.2) is 24.3 Å². The highest BCUT2D eigenvalue weighted by molar-refractivity contribution is 5.79. The minimum Gasteiger partial charge on any atom is -0.480 e. The number of rotatable bonds is 6. The van der Waals surface area contributed by atoms with Gasteiger partial charge in [0.15, 0.2) is 0 Å². The molecule has 1 aromatic rings. The summed E-state index contributed by atoms with van der Waals surface area (Å²) in [5.74, 6) is -1.09. The first-order valence-corrected chi connectivity index (χ1v) is 6.16. The van der Waals surface area contributed by atoms with Gasteiger partial charge >= 0.3 is 5.97 Å². The van der Waals surface area contributed by atoms with Crippen molar-refractivity contribution in [3.05, 3.63) is 35.4 Å². The van der Waals surface area contributed by atoms with Gasteiger partial charge < -0.3 is 10.0 Å². The summed E-state index contributed by atoms with van der Waals surface area (Å²) in [6, 6.07) is 7.14. The van der Waals surface area contributed by atoms with Crippen molar-refractivity contribution in [3.63, 3.8) is 0 Å². The van der Waals surface area contributed by atoms with Crippen molar-refractivity contribution < 1.29 is 14.7 Å². The summed E-state index contributed by atoms with van der Waals surface area (Å²) in [6.07, 6.45) is 0. The Kier molecular flexibility index (Phi) is 5.51. The Morgan fingerprint density at radius 2 is 2.00 bits per heavy atom. The van der Waals surface area contributed by atoms with E-state index in [2.05, 4.69) is 5.32 Å². The molecule has 0 bridgehead atoms. The van der Waals surface area contributed by atoms with E-state index in [9.17, 15) is 9.59 Å². The van der Waals surface area contributed by atoms with Crippen LogP contribution in [-0.2, 0) is 16.1 Å². The van der Waals surface area contributed by atoms with E-state index in [1.54, 1.807) is 11.9 Å². The topological polar surface area (TPSA) is 69.6 Å². The lowest BCUT2D eigenvalue weighted by atomic mass is 10.1. The first-order chi connectivity index (χ1) is 8.91. The van der Waals surface area contributed by atoms with Gasteiger partial charge in [-0.05, 0) is 25.0 Å². The molecule has 0 aliphatic heterocycles. The lowest BCUT2D eigenvalue weighted by Crippen LogP contribution is -2.41. The van der Waals surface area contributed by atoms with E-state index >= 15 is 0 Å². The summed E-state index contributed by atoms with van der Waals surface area (Å²) < 4.78 is 0. The van der Waals surface area contributed by atoms with Crippen LogP contribution in [0.1, 0.15) is 18.1 Å². The zero-order valence-corrected chi connectivity index (χ0v) is 11.5. The van der Waals surface area contributed by atoms with Crippen LogP contribution in [0.2, 0.25) is 0 Å². The van der Waals surface area contributed by atoms with Crippen LogP contribution in [0, 0.1) is 6.92 Å². The summed E-state index contributed by atoms with van der Waals surface area (Å²) >= 11 is 0. The Morgan fingerprint density at radius 1 is 1.37 bits per heavy atom. The predicted molar refractivity (Wildman–Crippen MR) is 72.8 cm³/mol. The summed E-state index contributed by atoms with van der Waals surface area (Å²) in [5.41, 5.74) is 2.22. The Morgan fingerprint density at radius 3 is 2.58 bits per heavy atom. The standard InChI is InChI=1S/C14H20N2O3/c1-10-6-4-5-7-12(10)9-16(3)13(17)8-15-11(2)14(18)19/h4-7,11,15H,8-9H2,1-3H3,(H,18,19). The molecule has 2 N–H and O–H groups in total. The van der Waals surface area contributed by atoms with Gasteiger partial charge in [-0.3, -0.25) is 14.9 Å². The number of nitrogens with zero attached hydrogens (tertiary/aromatic N) is 1. The second-order valence-corrected chi connectivity index (χ2v) is 4.62. The van der Waals surface area contributed by atoms with Gasteiger partial charge in [0.1, 0.15) is 6.04 Å². The van der Waals surface area contributed by atoms with Gasteiger partial charge in [-0.25, -0.2) is 0 Å². The highest BCUT2D eigenvalue weighted by atomic mass is 16.4. The van der Waals surface area contributed by atoms with Crippen molar-refractivity contribution in [2.45, 2.75) is 26.4 Å². The van der Waals surface area contributed by atoms with Crippen molar-refractivity contribution in [1.82, 2.24) is 10.2 Å². The number of carbonyl (C=O) groups is 2. The van der Waals surface area contributed by atoms with Gasteiger partial charge in [-0.1, -0.05) is 24.3 Å². The lowest BCUT2D eigenvalue weighted by molar-refractivity contribution is -0.139. The number of amides is 1. The first kappa shape index (κ1) is 15.2. The maximum atomic E-state index is 11.9. The molecule has 0 aromatic heterocycles. The van der Waals surface area contributed by atoms with Crippen LogP contribution in [0.3, 0.4) is 0 Å². The molecule has 5 heteroatoms. The van der Waals surface area contributed by atoms with Gasteiger partial charge in [0, 0.05) is 13.6 Å². The Hall–Kier alpha value is -1.88. The number of aryl methyl sites for hydroxylation is 1. The van der Waals surface area contributed by atoms with Gasteiger partial charge in [0.25, 0.3) is 0 Å². The molecular weight excluding hydrogens is 244 g/mol. The quantitative estimate of drug-likeness (QED) is 0.804. The molecule has 0 radical (unpaired) electrons. The van der Waals surface area contributed by atoms with Crippen LogP contribution in [-0.4, -0.2) is 41.5 Å². The monoisotopic (exact) mass is 264 g/mol. The molecular formula is C14H20N2O3. The molecule has 0 fully saturated rings. The predicted octanol–water partition coefficient (Wildman–Crippen LogP) is 1.02. The van der Waals surface area contributed by atoms with Crippen LogP contribution < -0.4 is 5.32 Å². The number of likely N-dealkylation sites (N-methyl/N-ethyl adjacent to an activating group) is 1. The van der Waals surface area contributed by atoms with Crippen LogP contribution in [0.5, 0.6) is 0 Å². The molecule has 5 nitrogen and oxygen atoms in total. The molecule has 19 heavy (non-hydrogen) atoms. The van der Waals surface area contributed by atoms with E-state index in [1.165, 1.54) is 6.92 Å². The van der Waals surface area contributed by atoms with Crippen molar-refractivity contribution in [3.8, 4) is 0 Å². The Bertz CT molecular complexity index is 460. The van der Waals surface area contributed by atoms with Gasteiger partial charge in [-0.2, -0.15) is 0 Å². The third-order valence-corrected chi connectivity index (χ3v) is 3.02. The lowest BCUT2D eigenvalue weighted by Gasteiger charge is -2.19. The maximum absolute atomic E-state index is 11.9. The van der Waals surface area contributed by atoms with Gasteiger partial charge in [0.05, 0.1) is 6.54 Å². The Labute approximate surface area is 113 Å². The fourth-order valence-corrected chi connectivity index (χ4v) is 1.59. The van der Waals surface area contributed by atoms with Crippen LogP contribution >= 0.6 is 0 Å². The van der Waals surface area contributed by atoms with E-state index in [0.717, 1.165) is 11.1 Å². The minimum atomic E-state index is -0.964. The number of hydrogen-bond acceptors (Lipinski definition) is 3. The van der Waals surface area contributed by atoms with Crippen LogP contribution in [0.25, 0.3) is 0 Å². The molecule has 0 heterocycles. The molecule has 1 unspecified atom stereocenters.